The van der Waals surface area contributed by atoms with Crippen molar-refractivity contribution < 1.29 is 38.9 Å². The minimum Gasteiger partial charge on any atom is -0.478 e. The largest absolute Gasteiger partial charge is 0.478 e. The first-order chi connectivity index (χ1) is 27.0. The number of benzene rings is 2. The van der Waals surface area contributed by atoms with Gasteiger partial charge in [-0.05, 0) is 54.0 Å². The Balaban J connectivity index is 1.69. The Bertz CT molecular complexity index is 1850. The first kappa shape index (κ1) is 44.2. The van der Waals surface area contributed by atoms with Gasteiger partial charge in [0.2, 0.25) is 5.91 Å². The maximum Gasteiger partial charge on any atom is 0.407 e. The van der Waals surface area contributed by atoms with Gasteiger partial charge in [-0.3, -0.25) is 19.6 Å². The molecule has 1 aliphatic rings. The number of hydrogen-bond donors (Lipinski definition) is 6. The number of nitrogens with zero attached hydrogens (tertiary/aromatic N) is 3. The Kier molecular flexibility index (Phi) is 15.5. The molecule has 6 atom stereocenters. The molecule has 0 radical (unpaired) electrons. The number of aryl methyl sites for hydroxylation is 1. The first-order valence-corrected chi connectivity index (χ1v) is 19.2. The Hall–Kier alpha value is -5.54. The summed E-state index contributed by atoms with van der Waals surface area (Å²) < 4.78 is 4.82. The van der Waals surface area contributed by atoms with E-state index in [-0.39, 0.29) is 56.0 Å². The lowest BCUT2D eigenvalue weighted by molar-refractivity contribution is -0.141. The van der Waals surface area contributed by atoms with Crippen LogP contribution in [0, 0.1) is 24.2 Å². The molecule has 4 rings (SSSR count). The van der Waals surface area contributed by atoms with Crippen LogP contribution in [0.4, 0.5) is 9.59 Å². The second kappa shape index (κ2) is 20.1. The lowest BCUT2D eigenvalue weighted by atomic mass is 9.83. The van der Waals surface area contributed by atoms with Gasteiger partial charge >= 0.3 is 18.1 Å². The van der Waals surface area contributed by atoms with Crippen molar-refractivity contribution >= 4 is 29.9 Å². The third-order valence-corrected chi connectivity index (χ3v) is 10.4. The summed E-state index contributed by atoms with van der Waals surface area (Å²) in [7, 11) is 1.18. The van der Waals surface area contributed by atoms with Gasteiger partial charge in [-0.25, -0.2) is 19.8 Å². The summed E-state index contributed by atoms with van der Waals surface area (Å²) in [5.74, 6) is -3.00. The number of aliphatic hydroxyl groups excluding tert-OH is 1. The average molecular weight is 788 g/mol. The van der Waals surface area contributed by atoms with Gasteiger partial charge in [0.25, 0.3) is 5.91 Å². The van der Waals surface area contributed by atoms with Gasteiger partial charge in [0.05, 0.1) is 55.6 Å². The molecule has 57 heavy (non-hydrogen) atoms. The molecule has 0 saturated carbocycles. The van der Waals surface area contributed by atoms with Crippen molar-refractivity contribution in [3.8, 4) is 0 Å². The van der Waals surface area contributed by atoms with Crippen LogP contribution in [0.2, 0.25) is 0 Å². The number of carbonyl (C=O) groups excluding carboxylic acids is 4. The lowest BCUT2D eigenvalue weighted by Gasteiger charge is -2.37. The van der Waals surface area contributed by atoms with Gasteiger partial charge in [0.15, 0.2) is 0 Å². The number of carboxylic acid groups (broad SMARTS) is 1. The van der Waals surface area contributed by atoms with Crippen LogP contribution in [0.15, 0.2) is 72.8 Å². The third-order valence-electron chi connectivity index (χ3n) is 10.4. The zero-order valence-corrected chi connectivity index (χ0v) is 33.8. The highest BCUT2D eigenvalue weighted by Crippen LogP contribution is 2.28. The molecular formula is C42H57N7O8. The maximum atomic E-state index is 14.6. The summed E-state index contributed by atoms with van der Waals surface area (Å²) in [6, 6.07) is 18.3. The van der Waals surface area contributed by atoms with Crippen LogP contribution in [0.3, 0.4) is 0 Å². The number of methoxy groups -OCH3 is 1. The van der Waals surface area contributed by atoms with Crippen molar-refractivity contribution in [2.24, 2.45) is 17.3 Å². The Morgan fingerprint density at radius 2 is 1.70 bits per heavy atom. The van der Waals surface area contributed by atoms with E-state index in [1.165, 1.54) is 13.2 Å². The van der Waals surface area contributed by atoms with Gasteiger partial charge in [0, 0.05) is 18.8 Å². The van der Waals surface area contributed by atoms with Crippen LogP contribution >= 0.6 is 0 Å². The topological polar surface area (TPSA) is 203 Å². The second-order valence-electron chi connectivity index (χ2n) is 15.6. The molecule has 1 fully saturated rings. The Labute approximate surface area is 334 Å². The highest BCUT2D eigenvalue weighted by molar-refractivity contribution is 5.89. The molecule has 308 valence electrons. The van der Waals surface area contributed by atoms with E-state index in [9.17, 15) is 34.2 Å². The Morgan fingerprint density at radius 3 is 2.33 bits per heavy atom. The number of urea groups is 1. The molecule has 2 aromatic carbocycles. The fourth-order valence-electron chi connectivity index (χ4n) is 7.01. The van der Waals surface area contributed by atoms with Crippen LogP contribution in [0.1, 0.15) is 73.9 Å². The zero-order chi connectivity index (χ0) is 41.9. The second-order valence-corrected chi connectivity index (χ2v) is 15.6. The van der Waals surface area contributed by atoms with E-state index in [0.717, 1.165) is 16.3 Å². The van der Waals surface area contributed by atoms with Gasteiger partial charge < -0.3 is 35.8 Å². The van der Waals surface area contributed by atoms with Gasteiger partial charge in [0.1, 0.15) is 6.04 Å². The normalized spacial score (nSPS) is 16.7. The summed E-state index contributed by atoms with van der Waals surface area (Å²) in [5, 5.41) is 31.7. The molecule has 6 unspecified atom stereocenters. The minimum atomic E-state index is -1.38. The number of pyridine rings is 1. The molecule has 1 saturated heterocycles. The van der Waals surface area contributed by atoms with E-state index >= 15 is 0 Å². The number of carbonyl (C=O) groups is 5. The summed E-state index contributed by atoms with van der Waals surface area (Å²) in [6.45, 7) is 11.0. The molecule has 0 aliphatic carbocycles. The van der Waals surface area contributed by atoms with Crippen LogP contribution in [0.25, 0.3) is 0 Å². The number of hydrogen-bond acceptors (Lipinski definition) is 9. The quantitative estimate of drug-likeness (QED) is 0.102. The van der Waals surface area contributed by atoms with E-state index in [1.54, 1.807) is 43.9 Å². The molecule has 2 heterocycles. The number of aromatic nitrogens is 1. The van der Waals surface area contributed by atoms with E-state index in [4.69, 9.17) is 4.74 Å². The van der Waals surface area contributed by atoms with Crippen LogP contribution < -0.4 is 21.4 Å². The predicted molar refractivity (Wildman–Crippen MR) is 213 cm³/mol. The minimum absolute atomic E-state index is 0.0235. The predicted octanol–water partition coefficient (Wildman–Crippen LogP) is 4.04. The van der Waals surface area contributed by atoms with E-state index in [1.807, 2.05) is 69.3 Å². The molecular weight excluding hydrogens is 731 g/mol. The first-order valence-electron chi connectivity index (χ1n) is 19.2. The Morgan fingerprint density at radius 1 is 1.02 bits per heavy atom. The summed E-state index contributed by atoms with van der Waals surface area (Å²) >= 11 is 0. The number of carboxylic acids is 1. The number of nitrogens with one attached hydrogen (secondary N) is 4. The summed E-state index contributed by atoms with van der Waals surface area (Å²) in [6.07, 6.45) is -1.39. The van der Waals surface area contributed by atoms with Crippen molar-refractivity contribution in [2.45, 2.75) is 91.7 Å². The number of rotatable bonds is 18. The van der Waals surface area contributed by atoms with Gasteiger partial charge in [-0.2, -0.15) is 0 Å². The van der Waals surface area contributed by atoms with Crippen LogP contribution in [-0.4, -0.2) is 99.4 Å². The molecule has 0 spiro atoms. The summed E-state index contributed by atoms with van der Waals surface area (Å²) in [5.41, 5.74) is 4.89. The van der Waals surface area contributed by atoms with Crippen molar-refractivity contribution in [3.05, 3.63) is 101 Å². The molecule has 15 heteroatoms. The molecule has 1 aromatic heterocycles. The molecule has 3 aromatic rings. The average Bonchev–Trinajstić information content (AvgIpc) is 3.52. The highest BCUT2D eigenvalue weighted by Gasteiger charge is 2.44. The molecule has 1 aliphatic heterocycles. The summed E-state index contributed by atoms with van der Waals surface area (Å²) in [4.78, 5) is 72.9. The lowest BCUT2D eigenvalue weighted by Crippen LogP contribution is -2.61. The molecule has 15 nitrogen and oxygen atoms in total. The van der Waals surface area contributed by atoms with Crippen molar-refractivity contribution in [1.82, 2.24) is 36.3 Å². The van der Waals surface area contributed by atoms with Gasteiger partial charge in [-0.1, -0.05) is 95.6 Å². The smallest absolute Gasteiger partial charge is 0.407 e. The van der Waals surface area contributed by atoms with Crippen molar-refractivity contribution in [2.75, 3.05) is 20.2 Å². The van der Waals surface area contributed by atoms with Crippen LogP contribution in [0.5, 0.6) is 0 Å². The maximum absolute atomic E-state index is 14.6. The number of hydrazine groups is 1. The number of aliphatic hydroxyl groups is 1. The van der Waals surface area contributed by atoms with Crippen molar-refractivity contribution in [1.29, 1.82) is 0 Å². The number of aromatic carboxylic acids is 1. The third kappa shape index (κ3) is 12.0. The van der Waals surface area contributed by atoms with E-state index < -0.39 is 53.5 Å². The molecule has 0 bridgehead atoms. The highest BCUT2D eigenvalue weighted by atomic mass is 16.5. The molecule has 5 amide bonds. The zero-order valence-electron chi connectivity index (χ0n) is 33.8. The molecule has 6 N–H and O–H groups in total. The monoisotopic (exact) mass is 787 g/mol. The van der Waals surface area contributed by atoms with Crippen molar-refractivity contribution in [3.63, 3.8) is 0 Å². The fraction of sp³-hybridized carbons (Fsp3) is 0.476. The fourth-order valence-corrected chi connectivity index (χ4v) is 7.01. The van der Waals surface area contributed by atoms with Gasteiger partial charge in [-0.15, -0.1) is 0 Å². The van der Waals surface area contributed by atoms with Crippen LogP contribution in [-0.2, 0) is 33.8 Å². The number of alkyl carbamates (subject to hydrolysis) is 1. The number of ether oxygens (including phenoxy) is 1. The van der Waals surface area contributed by atoms with E-state index in [0.29, 0.717) is 17.7 Å². The number of amides is 5. The standard InChI is InChI=1S/C42H57N7O8/c1-8-26(2)35(33-23-43-40(55)48(33)24-30-19-14-15-27(3)45-30)37(51)46-32(21-28-16-10-9-11-17-28)34(50)25-49(38(52)36(42(4,5)6)47-41(56)57-7)44-22-29-18-12-13-20-31(29)39(53)54/h9-20,26,32-36,44,50H,8,21-25H2,1-7H3,(H,43,55)(H,46,51)(H,47,56)(H,53,54). The SMILES string of the molecule is CCC(C)C(C(=O)NC(Cc1ccccc1)C(O)CN(NCc1ccccc1C(=O)O)C(=O)C(NC(=O)OC)C(C)(C)C)C1CNC(=O)N1Cc1cccc(C)n1. The van der Waals surface area contributed by atoms with E-state index in [2.05, 4.69) is 26.4 Å².